The van der Waals surface area contributed by atoms with E-state index in [2.05, 4.69) is 16.8 Å². The van der Waals surface area contributed by atoms with Gasteiger partial charge in [0.25, 0.3) is 0 Å². The summed E-state index contributed by atoms with van der Waals surface area (Å²) in [6.45, 7) is 3.40. The molecule has 2 heterocycles. The maximum Gasteiger partial charge on any atom is 0.249 e. The van der Waals surface area contributed by atoms with E-state index in [1.165, 1.54) is 24.6 Å². The minimum Gasteiger partial charge on any atom is -0.489 e. The third kappa shape index (κ3) is 4.51. The van der Waals surface area contributed by atoms with Crippen LogP contribution >= 0.6 is 12.4 Å². The topological polar surface area (TPSA) is 71.3 Å². The van der Waals surface area contributed by atoms with Gasteiger partial charge in [0.15, 0.2) is 11.6 Å². The number of rotatable bonds is 7. The van der Waals surface area contributed by atoms with Crippen molar-refractivity contribution < 1.29 is 18.3 Å². The fraction of sp³-hybridized carbons (Fsp3) is 0.423. The summed E-state index contributed by atoms with van der Waals surface area (Å²) >= 11 is 0. The molecule has 0 spiro atoms. The molecule has 1 aromatic heterocycles. The lowest BCUT2D eigenvalue weighted by Crippen LogP contribution is -2.52. The molecule has 0 unspecified atom stereocenters. The summed E-state index contributed by atoms with van der Waals surface area (Å²) < 4.78 is 34.0. The maximum absolute atomic E-state index is 14.3. The number of hydrogen-bond donors (Lipinski definition) is 2. The number of aromatic nitrogens is 1. The normalized spacial score (nSPS) is 18.6. The minimum absolute atomic E-state index is 0. The van der Waals surface area contributed by atoms with Crippen LogP contribution in [0.1, 0.15) is 60.0 Å². The predicted octanol–water partition coefficient (Wildman–Crippen LogP) is 5.32. The number of carbonyl (C=O) groups is 1. The summed E-state index contributed by atoms with van der Waals surface area (Å²) in [6, 6.07) is 8.04. The largest absolute Gasteiger partial charge is 0.489 e. The SMILES string of the molecule is C[C@@H](CCN(C1CCC1)[C@H]1COc2c(F)ccc(C(N)=O)c2C1)c1c[nH]c2ccc(F)cc12.Cl. The van der Waals surface area contributed by atoms with Crippen molar-refractivity contribution in [1.29, 1.82) is 0 Å². The number of nitrogens with two attached hydrogens (primary N) is 1. The molecule has 1 saturated carbocycles. The molecule has 8 heteroatoms. The van der Waals surface area contributed by atoms with Gasteiger partial charge in [-0.1, -0.05) is 13.3 Å². The van der Waals surface area contributed by atoms with E-state index in [4.69, 9.17) is 10.5 Å². The molecule has 5 nitrogen and oxygen atoms in total. The van der Waals surface area contributed by atoms with Crippen molar-refractivity contribution in [2.75, 3.05) is 13.2 Å². The standard InChI is InChI=1S/C26H29F2N3O2.ClH/c1-15(22-13-30-24-8-5-16(27)11-20(22)24)9-10-31(17-3-2-4-17)18-12-21-19(26(29)32)6-7-23(28)25(21)33-14-18;/h5-8,11,13,15,17-18,30H,2-4,9-10,12,14H2,1H3,(H2,29,32);1H/t15-,18+;/m0./s1. The van der Waals surface area contributed by atoms with Crippen molar-refractivity contribution in [3.8, 4) is 5.75 Å². The maximum atomic E-state index is 14.3. The van der Waals surface area contributed by atoms with Crippen molar-refractivity contribution in [3.63, 3.8) is 0 Å². The Morgan fingerprint density at radius 1 is 1.24 bits per heavy atom. The first-order valence-corrected chi connectivity index (χ1v) is 11.7. The van der Waals surface area contributed by atoms with E-state index in [-0.39, 0.29) is 35.9 Å². The lowest BCUT2D eigenvalue weighted by atomic mass is 9.87. The van der Waals surface area contributed by atoms with Crippen LogP contribution in [0, 0.1) is 11.6 Å². The summed E-state index contributed by atoms with van der Waals surface area (Å²) in [5, 5.41) is 0.925. The number of halogens is 3. The second-order valence-corrected chi connectivity index (χ2v) is 9.38. The Morgan fingerprint density at radius 2 is 2.03 bits per heavy atom. The first kappa shape index (κ1) is 24.5. The zero-order chi connectivity index (χ0) is 23.1. The molecule has 0 saturated heterocycles. The summed E-state index contributed by atoms with van der Waals surface area (Å²) in [5.74, 6) is -0.860. The Morgan fingerprint density at radius 3 is 2.74 bits per heavy atom. The van der Waals surface area contributed by atoms with Crippen LogP contribution in [0.3, 0.4) is 0 Å². The van der Waals surface area contributed by atoms with Gasteiger partial charge in [0.2, 0.25) is 5.91 Å². The number of fused-ring (bicyclic) bond motifs is 2. The molecule has 5 rings (SSSR count). The van der Waals surface area contributed by atoms with E-state index >= 15 is 0 Å². The second-order valence-electron chi connectivity index (χ2n) is 9.38. The van der Waals surface area contributed by atoms with E-state index in [0.717, 1.165) is 42.3 Å². The van der Waals surface area contributed by atoms with Crippen LogP contribution in [0.2, 0.25) is 0 Å². The average molecular weight is 490 g/mol. The number of primary amides is 1. The number of nitrogens with one attached hydrogen (secondary N) is 1. The first-order valence-electron chi connectivity index (χ1n) is 11.7. The summed E-state index contributed by atoms with van der Waals surface area (Å²) in [7, 11) is 0. The highest BCUT2D eigenvalue weighted by molar-refractivity contribution is 5.95. The number of carbonyl (C=O) groups excluding carboxylic acids is 1. The van der Waals surface area contributed by atoms with E-state index in [1.54, 1.807) is 12.1 Å². The average Bonchev–Trinajstić information content (AvgIpc) is 3.18. The van der Waals surface area contributed by atoms with Crippen LogP contribution in [-0.4, -0.2) is 41.0 Å². The van der Waals surface area contributed by atoms with E-state index < -0.39 is 11.7 Å². The van der Waals surface area contributed by atoms with Crippen LogP contribution in [-0.2, 0) is 6.42 Å². The Hall–Kier alpha value is -2.64. The van der Waals surface area contributed by atoms with Gasteiger partial charge in [-0.05, 0) is 74.0 Å². The minimum atomic E-state index is -0.564. The number of H-pyrrole nitrogens is 1. The fourth-order valence-corrected chi connectivity index (χ4v) is 5.28. The van der Waals surface area contributed by atoms with Gasteiger partial charge in [0.05, 0.1) is 0 Å². The Labute approximate surface area is 204 Å². The molecule has 0 bridgehead atoms. The van der Waals surface area contributed by atoms with Crippen molar-refractivity contribution in [2.45, 2.75) is 57.0 Å². The molecular weight excluding hydrogens is 460 g/mol. The zero-order valence-electron chi connectivity index (χ0n) is 19.2. The molecule has 34 heavy (non-hydrogen) atoms. The van der Waals surface area contributed by atoms with Gasteiger partial charge in [-0.15, -0.1) is 12.4 Å². The lowest BCUT2D eigenvalue weighted by molar-refractivity contribution is 0.0409. The van der Waals surface area contributed by atoms with Gasteiger partial charge in [-0.3, -0.25) is 9.69 Å². The quantitative estimate of drug-likeness (QED) is 0.472. The van der Waals surface area contributed by atoms with Gasteiger partial charge in [-0.2, -0.15) is 0 Å². The Bertz CT molecular complexity index is 1190. The number of amides is 1. The van der Waals surface area contributed by atoms with Crippen LogP contribution in [0.5, 0.6) is 5.75 Å². The number of ether oxygens (including phenoxy) is 1. The number of nitrogens with zero attached hydrogens (tertiary/aromatic N) is 1. The monoisotopic (exact) mass is 489 g/mol. The van der Waals surface area contributed by atoms with Crippen molar-refractivity contribution in [1.82, 2.24) is 9.88 Å². The molecule has 0 radical (unpaired) electrons. The second kappa shape index (κ2) is 9.92. The first-order chi connectivity index (χ1) is 15.9. The van der Waals surface area contributed by atoms with Crippen molar-refractivity contribution in [2.24, 2.45) is 5.73 Å². The highest BCUT2D eigenvalue weighted by Crippen LogP contribution is 2.36. The number of hydrogen-bond acceptors (Lipinski definition) is 3. The zero-order valence-corrected chi connectivity index (χ0v) is 20.0. The Kier molecular flexibility index (Phi) is 7.14. The third-order valence-corrected chi connectivity index (χ3v) is 7.38. The lowest BCUT2D eigenvalue weighted by Gasteiger charge is -2.44. The summed E-state index contributed by atoms with van der Waals surface area (Å²) in [4.78, 5) is 17.7. The van der Waals surface area contributed by atoms with Gasteiger partial charge >= 0.3 is 0 Å². The number of aromatic amines is 1. The summed E-state index contributed by atoms with van der Waals surface area (Å²) in [5.41, 5.74) is 8.51. The molecule has 2 atom stereocenters. The highest BCUT2D eigenvalue weighted by atomic mass is 35.5. The van der Waals surface area contributed by atoms with Gasteiger partial charge < -0.3 is 15.5 Å². The molecule has 1 aliphatic carbocycles. The molecule has 2 aromatic carbocycles. The Balaban J connectivity index is 0.00000274. The smallest absolute Gasteiger partial charge is 0.249 e. The van der Waals surface area contributed by atoms with E-state index in [1.807, 2.05) is 6.20 Å². The molecule has 1 fully saturated rings. The third-order valence-electron chi connectivity index (χ3n) is 7.38. The van der Waals surface area contributed by atoms with E-state index in [0.29, 0.717) is 30.2 Å². The van der Waals surface area contributed by atoms with Gasteiger partial charge in [0.1, 0.15) is 12.4 Å². The summed E-state index contributed by atoms with van der Waals surface area (Å²) in [6.07, 6.45) is 6.86. The predicted molar refractivity (Wildman–Crippen MR) is 131 cm³/mol. The fourth-order valence-electron chi connectivity index (χ4n) is 5.28. The highest BCUT2D eigenvalue weighted by Gasteiger charge is 2.35. The molecule has 182 valence electrons. The molecule has 3 aromatic rings. The van der Waals surface area contributed by atoms with Crippen molar-refractivity contribution in [3.05, 3.63) is 64.9 Å². The molecule has 2 aliphatic rings. The van der Waals surface area contributed by atoms with Crippen LogP contribution in [0.4, 0.5) is 8.78 Å². The van der Waals surface area contributed by atoms with Crippen molar-refractivity contribution >= 4 is 29.2 Å². The van der Waals surface area contributed by atoms with E-state index in [9.17, 15) is 13.6 Å². The van der Waals surface area contributed by atoms with Gasteiger partial charge in [0, 0.05) is 40.3 Å². The van der Waals surface area contributed by atoms with Crippen LogP contribution < -0.4 is 10.5 Å². The molecule has 3 N–H and O–H groups in total. The van der Waals surface area contributed by atoms with Crippen LogP contribution in [0.15, 0.2) is 36.5 Å². The number of benzene rings is 2. The van der Waals surface area contributed by atoms with Crippen LogP contribution in [0.25, 0.3) is 10.9 Å². The van der Waals surface area contributed by atoms with Gasteiger partial charge in [-0.25, -0.2) is 8.78 Å². The molecule has 1 amide bonds. The molecular formula is C26H30ClF2N3O2. The molecule has 1 aliphatic heterocycles.